The van der Waals surface area contributed by atoms with E-state index >= 15 is 0 Å². The number of hydrogen-bond donors (Lipinski definition) is 0. The molecule has 70 valence electrons. The molecule has 0 fully saturated rings. The number of carbonyl (C=O) groups is 1. The molecule has 0 spiro atoms. The number of aliphatic imine (C=N–C) groups is 1. The van der Waals surface area contributed by atoms with Gasteiger partial charge in [-0.1, -0.05) is 6.07 Å². The molecule has 0 aliphatic heterocycles. The number of methoxy groups -OCH3 is 1. The molecule has 1 unspecified atom stereocenters. The third kappa shape index (κ3) is 2.99. The molecule has 4 heteroatoms. The molecule has 0 N–H and O–H groups in total. The van der Waals surface area contributed by atoms with E-state index < -0.39 is 6.04 Å². The summed E-state index contributed by atoms with van der Waals surface area (Å²) in [5, 5.41) is 1.96. The fourth-order valence-corrected chi connectivity index (χ4v) is 1.37. The molecule has 1 atom stereocenters. The van der Waals surface area contributed by atoms with Crippen LogP contribution in [0.3, 0.4) is 0 Å². The first kappa shape index (κ1) is 9.92. The van der Waals surface area contributed by atoms with Crippen molar-refractivity contribution in [2.45, 2.75) is 13.0 Å². The molecule has 1 aromatic rings. The van der Waals surface area contributed by atoms with E-state index in [4.69, 9.17) is 0 Å². The number of carbonyl (C=O) groups excluding carboxylic acids is 1. The highest BCUT2D eigenvalue weighted by Crippen LogP contribution is 2.05. The lowest BCUT2D eigenvalue weighted by molar-refractivity contribution is -0.141. The molecule has 0 saturated heterocycles. The van der Waals surface area contributed by atoms with E-state index in [9.17, 15) is 4.79 Å². The Morgan fingerprint density at radius 3 is 3.08 bits per heavy atom. The molecule has 0 saturated carbocycles. The number of thiophene rings is 1. The van der Waals surface area contributed by atoms with Crippen LogP contribution in [0.2, 0.25) is 0 Å². The molecule has 0 radical (unpaired) electrons. The van der Waals surface area contributed by atoms with E-state index in [1.54, 1.807) is 24.5 Å². The number of hydrogen-bond acceptors (Lipinski definition) is 4. The second kappa shape index (κ2) is 4.77. The molecule has 0 aliphatic rings. The zero-order valence-electron chi connectivity index (χ0n) is 7.56. The van der Waals surface area contributed by atoms with Gasteiger partial charge in [-0.3, -0.25) is 4.99 Å². The Bertz CT molecular complexity index is 293. The molecule has 0 amide bonds. The van der Waals surface area contributed by atoms with Gasteiger partial charge in [-0.2, -0.15) is 0 Å². The van der Waals surface area contributed by atoms with Crippen molar-refractivity contribution in [3.05, 3.63) is 22.4 Å². The van der Waals surface area contributed by atoms with Crippen molar-refractivity contribution in [3.63, 3.8) is 0 Å². The zero-order valence-corrected chi connectivity index (χ0v) is 8.38. The van der Waals surface area contributed by atoms with Crippen molar-refractivity contribution in [3.8, 4) is 0 Å². The summed E-state index contributed by atoms with van der Waals surface area (Å²) in [5.74, 6) is -0.312. The van der Waals surface area contributed by atoms with Crippen LogP contribution in [0.15, 0.2) is 22.5 Å². The molecular weight excluding hydrogens is 186 g/mol. The Morgan fingerprint density at radius 1 is 1.77 bits per heavy atom. The Labute approximate surface area is 81.1 Å². The predicted octanol–water partition coefficient (Wildman–Crippen LogP) is 1.73. The van der Waals surface area contributed by atoms with Gasteiger partial charge in [-0.05, 0) is 18.4 Å². The maximum absolute atomic E-state index is 10.9. The quantitative estimate of drug-likeness (QED) is 0.546. The van der Waals surface area contributed by atoms with Gasteiger partial charge in [-0.15, -0.1) is 11.3 Å². The SMILES string of the molecule is COC(=O)C(C)N=Cc1cccs1. The topological polar surface area (TPSA) is 38.7 Å². The fourth-order valence-electron chi connectivity index (χ4n) is 0.781. The van der Waals surface area contributed by atoms with Gasteiger partial charge >= 0.3 is 5.97 Å². The molecule has 1 rings (SSSR count). The van der Waals surface area contributed by atoms with Gasteiger partial charge in [-0.25, -0.2) is 4.79 Å². The third-order valence-electron chi connectivity index (χ3n) is 1.51. The van der Waals surface area contributed by atoms with Crippen LogP contribution >= 0.6 is 11.3 Å². The summed E-state index contributed by atoms with van der Waals surface area (Å²) in [6.45, 7) is 1.70. The summed E-state index contributed by atoms with van der Waals surface area (Å²) >= 11 is 1.58. The first-order chi connectivity index (χ1) is 6.24. The van der Waals surface area contributed by atoms with E-state index in [1.807, 2.05) is 17.5 Å². The fraction of sp³-hybridized carbons (Fsp3) is 0.333. The molecular formula is C9H11NO2S. The summed E-state index contributed by atoms with van der Waals surface area (Å²) in [4.78, 5) is 16.0. The minimum atomic E-state index is -0.424. The van der Waals surface area contributed by atoms with Gasteiger partial charge in [0.05, 0.1) is 7.11 Å². The van der Waals surface area contributed by atoms with Gasteiger partial charge in [0.2, 0.25) is 0 Å². The van der Waals surface area contributed by atoms with Crippen LogP contribution in [-0.2, 0) is 9.53 Å². The van der Waals surface area contributed by atoms with Gasteiger partial charge in [0.1, 0.15) is 6.04 Å². The van der Waals surface area contributed by atoms with E-state index in [2.05, 4.69) is 9.73 Å². The number of ether oxygens (including phenoxy) is 1. The lowest BCUT2D eigenvalue weighted by Gasteiger charge is -2.01. The van der Waals surface area contributed by atoms with Gasteiger partial charge in [0, 0.05) is 11.1 Å². The first-order valence-electron chi connectivity index (χ1n) is 3.88. The van der Waals surface area contributed by atoms with Crippen LogP contribution in [0, 0.1) is 0 Å². The second-order valence-electron chi connectivity index (χ2n) is 2.49. The average molecular weight is 197 g/mol. The van der Waals surface area contributed by atoms with Gasteiger partial charge in [0.15, 0.2) is 0 Å². The van der Waals surface area contributed by atoms with Crippen LogP contribution in [0.4, 0.5) is 0 Å². The summed E-state index contributed by atoms with van der Waals surface area (Å²) in [6, 6.07) is 3.46. The highest BCUT2D eigenvalue weighted by molar-refractivity contribution is 7.11. The number of nitrogens with zero attached hydrogens (tertiary/aromatic N) is 1. The van der Waals surface area contributed by atoms with Crippen molar-refractivity contribution in [1.82, 2.24) is 0 Å². The molecule has 3 nitrogen and oxygen atoms in total. The molecule has 0 bridgehead atoms. The zero-order chi connectivity index (χ0) is 9.68. The Kier molecular flexibility index (Phi) is 3.64. The molecule has 13 heavy (non-hydrogen) atoms. The molecule has 0 aromatic carbocycles. The monoisotopic (exact) mass is 197 g/mol. The van der Waals surface area contributed by atoms with Gasteiger partial charge in [0.25, 0.3) is 0 Å². The second-order valence-corrected chi connectivity index (χ2v) is 3.47. The molecule has 1 heterocycles. The maximum Gasteiger partial charge on any atom is 0.330 e. The van der Waals surface area contributed by atoms with E-state index in [1.165, 1.54) is 7.11 Å². The highest BCUT2D eigenvalue weighted by atomic mass is 32.1. The summed E-state index contributed by atoms with van der Waals surface area (Å²) in [5.41, 5.74) is 0. The normalized spacial score (nSPS) is 13.1. The Morgan fingerprint density at radius 2 is 2.54 bits per heavy atom. The minimum absolute atomic E-state index is 0.312. The van der Waals surface area contributed by atoms with Crippen LogP contribution < -0.4 is 0 Å². The summed E-state index contributed by atoms with van der Waals surface area (Å²) in [6.07, 6.45) is 1.69. The van der Waals surface area contributed by atoms with Crippen molar-refractivity contribution in [2.24, 2.45) is 4.99 Å². The summed E-state index contributed by atoms with van der Waals surface area (Å²) in [7, 11) is 1.36. The van der Waals surface area contributed by atoms with Crippen molar-refractivity contribution in [2.75, 3.05) is 7.11 Å². The van der Waals surface area contributed by atoms with Gasteiger partial charge < -0.3 is 4.74 Å². The van der Waals surface area contributed by atoms with Crippen LogP contribution in [0.5, 0.6) is 0 Å². The predicted molar refractivity (Wildman–Crippen MR) is 53.4 cm³/mol. The lowest BCUT2D eigenvalue weighted by Crippen LogP contribution is -2.16. The first-order valence-corrected chi connectivity index (χ1v) is 4.76. The smallest absolute Gasteiger partial charge is 0.330 e. The van der Waals surface area contributed by atoms with Crippen LogP contribution in [0.25, 0.3) is 0 Å². The lowest BCUT2D eigenvalue weighted by atomic mass is 10.3. The van der Waals surface area contributed by atoms with E-state index in [0.717, 1.165) is 4.88 Å². The molecule has 1 aromatic heterocycles. The van der Waals surface area contributed by atoms with Crippen molar-refractivity contribution < 1.29 is 9.53 Å². The van der Waals surface area contributed by atoms with E-state index in [-0.39, 0.29) is 5.97 Å². The average Bonchev–Trinajstić information content (AvgIpc) is 2.65. The van der Waals surface area contributed by atoms with E-state index in [0.29, 0.717) is 0 Å². The number of rotatable bonds is 3. The largest absolute Gasteiger partial charge is 0.467 e. The minimum Gasteiger partial charge on any atom is -0.467 e. The van der Waals surface area contributed by atoms with Crippen LogP contribution in [0.1, 0.15) is 11.8 Å². The third-order valence-corrected chi connectivity index (χ3v) is 2.32. The highest BCUT2D eigenvalue weighted by Gasteiger charge is 2.09. The standard InChI is InChI=1S/C9H11NO2S/c1-7(9(11)12-2)10-6-8-4-3-5-13-8/h3-7H,1-2H3. The van der Waals surface area contributed by atoms with Crippen molar-refractivity contribution in [1.29, 1.82) is 0 Å². The van der Waals surface area contributed by atoms with Crippen molar-refractivity contribution >= 4 is 23.5 Å². The summed E-state index contributed by atoms with van der Waals surface area (Å²) < 4.78 is 4.53. The molecule has 0 aliphatic carbocycles. The van der Waals surface area contributed by atoms with Crippen LogP contribution in [-0.4, -0.2) is 25.3 Å². The Balaban J connectivity index is 2.53. The Hall–Kier alpha value is -1.16. The number of esters is 1. The maximum atomic E-state index is 10.9.